The Kier molecular flexibility index (Phi) is 6.32. The van der Waals surface area contributed by atoms with Gasteiger partial charge in [0.05, 0.1) is 0 Å². The van der Waals surface area contributed by atoms with Crippen LogP contribution in [0, 0.1) is 11.7 Å². The number of benzene rings is 2. The largest absolute Gasteiger partial charge is 0.346 e. The molecule has 2 aromatic rings. The molecule has 2 fully saturated rings. The van der Waals surface area contributed by atoms with Crippen molar-refractivity contribution in [3.63, 3.8) is 0 Å². The average molecular weight is 460 g/mol. The predicted molar refractivity (Wildman–Crippen MR) is 116 cm³/mol. The Morgan fingerprint density at radius 3 is 2.48 bits per heavy atom. The van der Waals surface area contributed by atoms with Crippen LogP contribution in [0.5, 0.6) is 0 Å². The topological polar surface area (TPSA) is 44.4 Å². The van der Waals surface area contributed by atoms with Crippen LogP contribution in [0.3, 0.4) is 0 Å². The molecule has 1 amide bonds. The third-order valence-corrected chi connectivity index (χ3v) is 6.61. The van der Waals surface area contributed by atoms with Crippen LogP contribution in [0.1, 0.15) is 48.8 Å². The maximum atomic E-state index is 13.1. The minimum atomic E-state index is -0.206. The van der Waals surface area contributed by atoms with E-state index < -0.39 is 0 Å². The molecule has 2 aliphatic rings. The van der Waals surface area contributed by atoms with Crippen LogP contribution in [0.15, 0.2) is 53.0 Å². The van der Waals surface area contributed by atoms with Crippen molar-refractivity contribution in [1.29, 1.82) is 0 Å². The predicted octanol–water partition coefficient (Wildman–Crippen LogP) is 4.54. The highest BCUT2D eigenvalue weighted by Gasteiger charge is 2.45. The third-order valence-electron chi connectivity index (χ3n) is 6.08. The summed E-state index contributed by atoms with van der Waals surface area (Å²) in [4.78, 5) is 14.6. The number of amides is 1. The van der Waals surface area contributed by atoms with Crippen molar-refractivity contribution < 1.29 is 9.18 Å². The van der Waals surface area contributed by atoms with Crippen molar-refractivity contribution in [3.05, 3.63) is 69.9 Å². The molecule has 4 nitrogen and oxygen atoms in total. The highest BCUT2D eigenvalue weighted by Crippen LogP contribution is 2.48. The maximum absolute atomic E-state index is 13.1. The second kappa shape index (κ2) is 8.94. The molecule has 1 aliphatic carbocycles. The maximum Gasteiger partial charge on any atom is 0.226 e. The van der Waals surface area contributed by atoms with E-state index in [-0.39, 0.29) is 23.7 Å². The Hall–Kier alpha value is -1.76. The number of carbonyl (C=O) groups excluding carboxylic acids is 1. The summed E-state index contributed by atoms with van der Waals surface area (Å²) in [7, 11) is 1.92. The Labute approximate surface area is 180 Å². The van der Waals surface area contributed by atoms with Gasteiger partial charge in [0.15, 0.2) is 0 Å². The van der Waals surface area contributed by atoms with E-state index in [1.807, 2.05) is 36.2 Å². The van der Waals surface area contributed by atoms with Gasteiger partial charge in [0.1, 0.15) is 5.82 Å². The molecule has 1 heterocycles. The lowest BCUT2D eigenvalue weighted by Crippen LogP contribution is -2.33. The van der Waals surface area contributed by atoms with Crippen LogP contribution in [-0.4, -0.2) is 30.4 Å². The number of hydrogen-bond donors (Lipinski definition) is 2. The molecule has 29 heavy (non-hydrogen) atoms. The lowest BCUT2D eigenvalue weighted by molar-refractivity contribution is -0.131. The van der Waals surface area contributed by atoms with E-state index in [9.17, 15) is 9.18 Å². The molecule has 0 radical (unpaired) electrons. The van der Waals surface area contributed by atoms with Crippen molar-refractivity contribution in [3.8, 4) is 0 Å². The molecule has 1 saturated heterocycles. The van der Waals surface area contributed by atoms with Gasteiger partial charge in [-0.2, -0.15) is 0 Å². The lowest BCUT2D eigenvalue weighted by Gasteiger charge is -2.18. The van der Waals surface area contributed by atoms with Gasteiger partial charge in [0.2, 0.25) is 5.91 Å². The van der Waals surface area contributed by atoms with Crippen molar-refractivity contribution in [2.45, 2.75) is 43.7 Å². The van der Waals surface area contributed by atoms with Gasteiger partial charge in [0, 0.05) is 36.1 Å². The van der Waals surface area contributed by atoms with Crippen LogP contribution in [0.4, 0.5) is 4.39 Å². The summed E-state index contributed by atoms with van der Waals surface area (Å²) in [5.41, 5.74) is 9.00. The first kappa shape index (κ1) is 20.5. The van der Waals surface area contributed by atoms with Gasteiger partial charge >= 0.3 is 0 Å². The zero-order valence-electron chi connectivity index (χ0n) is 16.6. The van der Waals surface area contributed by atoms with E-state index in [0.29, 0.717) is 12.0 Å². The lowest BCUT2D eigenvalue weighted by atomic mass is 9.99. The van der Waals surface area contributed by atoms with Crippen molar-refractivity contribution in [2.24, 2.45) is 5.92 Å². The summed E-state index contributed by atoms with van der Waals surface area (Å²) in [6, 6.07) is 15.6. The van der Waals surface area contributed by atoms with Crippen LogP contribution in [0.2, 0.25) is 0 Å². The van der Waals surface area contributed by atoms with Gasteiger partial charge in [-0.15, -0.1) is 0 Å². The SMILES string of the molecule is CN(CCCC1CC(c2ccc(F)cc2)NN1)C(=O)C1CC1c1ccc(Br)cc1. The van der Waals surface area contributed by atoms with Crippen LogP contribution >= 0.6 is 15.9 Å². The van der Waals surface area contributed by atoms with Crippen molar-refractivity contribution in [1.82, 2.24) is 15.8 Å². The molecule has 0 spiro atoms. The molecule has 1 aliphatic heterocycles. The molecular weight excluding hydrogens is 433 g/mol. The fourth-order valence-electron chi connectivity index (χ4n) is 4.24. The number of halogens is 2. The molecule has 0 bridgehead atoms. The zero-order chi connectivity index (χ0) is 20.4. The third kappa shape index (κ3) is 5.05. The highest BCUT2D eigenvalue weighted by atomic mass is 79.9. The summed E-state index contributed by atoms with van der Waals surface area (Å²) >= 11 is 3.46. The summed E-state index contributed by atoms with van der Waals surface area (Å²) < 4.78 is 14.2. The van der Waals surface area contributed by atoms with E-state index in [1.165, 1.54) is 17.7 Å². The molecule has 4 unspecified atom stereocenters. The minimum Gasteiger partial charge on any atom is -0.346 e. The molecule has 0 aromatic heterocycles. The van der Waals surface area contributed by atoms with E-state index in [4.69, 9.17) is 0 Å². The highest BCUT2D eigenvalue weighted by molar-refractivity contribution is 9.10. The van der Waals surface area contributed by atoms with Gasteiger partial charge in [-0.25, -0.2) is 4.39 Å². The van der Waals surface area contributed by atoms with Gasteiger partial charge in [-0.1, -0.05) is 40.2 Å². The number of carbonyl (C=O) groups is 1. The number of rotatable bonds is 7. The molecule has 1 saturated carbocycles. The molecular formula is C23H27BrFN3O. The molecule has 6 heteroatoms. The fourth-order valence-corrected chi connectivity index (χ4v) is 4.50. The number of nitrogens with one attached hydrogen (secondary N) is 2. The number of hydrogen-bond acceptors (Lipinski definition) is 3. The van der Waals surface area contributed by atoms with Crippen LogP contribution in [0.25, 0.3) is 0 Å². The second-order valence-electron chi connectivity index (χ2n) is 8.23. The van der Waals surface area contributed by atoms with Gasteiger partial charge in [-0.05, 0) is 67.0 Å². The summed E-state index contributed by atoms with van der Waals surface area (Å²) in [6.07, 6.45) is 3.90. The Bertz CT molecular complexity index is 842. The van der Waals surface area contributed by atoms with Crippen LogP contribution in [-0.2, 0) is 4.79 Å². The first-order valence-electron chi connectivity index (χ1n) is 10.3. The first-order chi connectivity index (χ1) is 14.0. The number of hydrazine groups is 1. The summed E-state index contributed by atoms with van der Waals surface area (Å²) in [6.45, 7) is 0.780. The standard InChI is InChI=1S/C23H27BrFN3O/c1-28(23(29)21-14-20(21)15-4-8-17(24)9-5-15)12-2-3-19-13-22(27-26-19)16-6-10-18(25)11-7-16/h4-11,19-22,26-27H,2-3,12-14H2,1H3. The Balaban J connectivity index is 1.18. The van der Waals surface area contributed by atoms with Crippen molar-refractivity contribution in [2.75, 3.05) is 13.6 Å². The van der Waals surface area contributed by atoms with E-state index in [0.717, 1.165) is 42.3 Å². The van der Waals surface area contributed by atoms with Gasteiger partial charge < -0.3 is 4.90 Å². The normalized spacial score (nSPS) is 25.8. The molecule has 2 N–H and O–H groups in total. The fraction of sp³-hybridized carbons (Fsp3) is 0.435. The monoisotopic (exact) mass is 459 g/mol. The first-order valence-corrected chi connectivity index (χ1v) is 11.1. The smallest absolute Gasteiger partial charge is 0.226 e. The summed E-state index contributed by atoms with van der Waals surface area (Å²) in [5.74, 6) is 0.562. The van der Waals surface area contributed by atoms with Crippen molar-refractivity contribution >= 4 is 21.8 Å². The van der Waals surface area contributed by atoms with E-state index in [1.54, 1.807) is 0 Å². The van der Waals surface area contributed by atoms with Gasteiger partial charge in [-0.3, -0.25) is 15.6 Å². The average Bonchev–Trinajstić information content (AvgIpc) is 3.38. The van der Waals surface area contributed by atoms with Gasteiger partial charge in [0.25, 0.3) is 0 Å². The molecule has 4 rings (SSSR count). The second-order valence-corrected chi connectivity index (χ2v) is 9.14. The Morgan fingerprint density at radius 1 is 1.07 bits per heavy atom. The van der Waals surface area contributed by atoms with Crippen LogP contribution < -0.4 is 10.9 Å². The Morgan fingerprint density at radius 2 is 1.76 bits per heavy atom. The molecule has 2 aromatic carbocycles. The molecule has 154 valence electrons. The number of nitrogens with zero attached hydrogens (tertiary/aromatic N) is 1. The summed E-state index contributed by atoms with van der Waals surface area (Å²) in [5, 5.41) is 0. The minimum absolute atomic E-state index is 0.135. The molecule has 4 atom stereocenters. The van der Waals surface area contributed by atoms with E-state index in [2.05, 4.69) is 38.9 Å². The van der Waals surface area contributed by atoms with E-state index >= 15 is 0 Å². The quantitative estimate of drug-likeness (QED) is 0.638. The zero-order valence-corrected chi connectivity index (χ0v) is 18.2.